The van der Waals surface area contributed by atoms with Crippen LogP contribution in [0.5, 0.6) is 0 Å². The number of hydrogen-bond donors (Lipinski definition) is 2. The molecule has 5 heteroatoms. The zero-order valence-electron chi connectivity index (χ0n) is 10.2. The number of benzene rings is 1. The van der Waals surface area contributed by atoms with Gasteiger partial charge in [-0.3, -0.25) is 4.79 Å². The second-order valence-electron chi connectivity index (χ2n) is 4.67. The van der Waals surface area contributed by atoms with Crippen LogP contribution in [0.4, 0.5) is 15.8 Å². The van der Waals surface area contributed by atoms with Gasteiger partial charge < -0.3 is 15.8 Å². The average molecular weight is 240 g/mol. The summed E-state index contributed by atoms with van der Waals surface area (Å²) in [6.45, 7) is 5.36. The van der Waals surface area contributed by atoms with Crippen molar-refractivity contribution >= 4 is 17.3 Å². The summed E-state index contributed by atoms with van der Waals surface area (Å²) in [6.07, 6.45) is 0. The topological polar surface area (TPSA) is 64.3 Å². The van der Waals surface area contributed by atoms with E-state index in [-0.39, 0.29) is 18.2 Å². The van der Waals surface area contributed by atoms with Crippen LogP contribution in [0.15, 0.2) is 18.2 Å². The van der Waals surface area contributed by atoms with Crippen molar-refractivity contribution in [2.45, 2.75) is 26.4 Å². The minimum Gasteiger partial charge on any atom is -0.459 e. The Morgan fingerprint density at radius 3 is 2.65 bits per heavy atom. The van der Waals surface area contributed by atoms with Gasteiger partial charge >= 0.3 is 5.97 Å². The van der Waals surface area contributed by atoms with E-state index in [0.717, 1.165) is 0 Å². The summed E-state index contributed by atoms with van der Waals surface area (Å²) in [5.74, 6) is -0.799. The van der Waals surface area contributed by atoms with Gasteiger partial charge in [-0.15, -0.1) is 0 Å². The average Bonchev–Trinajstić information content (AvgIpc) is 2.13. The van der Waals surface area contributed by atoms with E-state index < -0.39 is 11.4 Å². The molecule has 0 saturated carbocycles. The highest BCUT2D eigenvalue weighted by Crippen LogP contribution is 2.18. The first kappa shape index (κ1) is 13.3. The molecular weight excluding hydrogens is 223 g/mol. The second-order valence-corrected chi connectivity index (χ2v) is 4.67. The van der Waals surface area contributed by atoms with Crippen molar-refractivity contribution in [3.05, 3.63) is 24.0 Å². The first-order valence-electron chi connectivity index (χ1n) is 5.29. The first-order chi connectivity index (χ1) is 7.78. The van der Waals surface area contributed by atoms with Crippen LogP contribution in [0.2, 0.25) is 0 Å². The minimum atomic E-state index is -0.521. The molecule has 0 fully saturated rings. The van der Waals surface area contributed by atoms with Gasteiger partial charge in [0.05, 0.1) is 11.4 Å². The second kappa shape index (κ2) is 5.03. The monoisotopic (exact) mass is 240 g/mol. The Morgan fingerprint density at radius 1 is 1.47 bits per heavy atom. The number of nitrogen functional groups attached to an aromatic ring is 1. The minimum absolute atomic E-state index is 0.00684. The normalized spacial score (nSPS) is 11.1. The zero-order chi connectivity index (χ0) is 13.1. The summed E-state index contributed by atoms with van der Waals surface area (Å²) in [6, 6.07) is 3.94. The van der Waals surface area contributed by atoms with Crippen LogP contribution in [0.1, 0.15) is 20.8 Å². The largest absolute Gasteiger partial charge is 0.459 e. The molecule has 0 unspecified atom stereocenters. The molecule has 0 atom stereocenters. The summed E-state index contributed by atoms with van der Waals surface area (Å²) in [4.78, 5) is 11.4. The van der Waals surface area contributed by atoms with E-state index in [9.17, 15) is 9.18 Å². The standard InChI is InChI=1S/C12H17FN2O2/c1-12(2,3)17-11(16)7-15-10-5-4-8(13)6-9(10)14/h4-6,15H,7,14H2,1-3H3. The van der Waals surface area contributed by atoms with Gasteiger partial charge in [0.25, 0.3) is 0 Å². The maximum atomic E-state index is 12.8. The van der Waals surface area contributed by atoms with Crippen molar-refractivity contribution in [3.63, 3.8) is 0 Å². The Balaban J connectivity index is 2.53. The molecule has 0 spiro atoms. The highest BCUT2D eigenvalue weighted by molar-refractivity contribution is 5.77. The number of rotatable bonds is 3. The number of carbonyl (C=O) groups is 1. The molecule has 0 saturated heterocycles. The summed E-state index contributed by atoms with van der Waals surface area (Å²) >= 11 is 0. The van der Waals surface area contributed by atoms with Crippen LogP contribution < -0.4 is 11.1 Å². The molecule has 0 aliphatic heterocycles. The predicted molar refractivity (Wildman–Crippen MR) is 65.1 cm³/mol. The molecule has 4 nitrogen and oxygen atoms in total. The number of hydrogen-bond acceptors (Lipinski definition) is 4. The van der Waals surface area contributed by atoms with Gasteiger partial charge in [-0.2, -0.15) is 0 Å². The lowest BCUT2D eigenvalue weighted by atomic mass is 10.2. The van der Waals surface area contributed by atoms with Gasteiger partial charge in [0.15, 0.2) is 0 Å². The van der Waals surface area contributed by atoms with E-state index in [1.165, 1.54) is 18.2 Å². The molecular formula is C12H17FN2O2. The van der Waals surface area contributed by atoms with E-state index in [1.807, 2.05) is 0 Å². The Kier molecular flexibility index (Phi) is 3.93. The fraction of sp³-hybridized carbons (Fsp3) is 0.417. The van der Waals surface area contributed by atoms with E-state index in [0.29, 0.717) is 5.69 Å². The Labute approximate surface area is 100.0 Å². The maximum Gasteiger partial charge on any atom is 0.325 e. The van der Waals surface area contributed by atoms with Crippen LogP contribution in [0.3, 0.4) is 0 Å². The number of ether oxygens (including phenoxy) is 1. The van der Waals surface area contributed by atoms with E-state index in [1.54, 1.807) is 20.8 Å². The third kappa shape index (κ3) is 4.72. The van der Waals surface area contributed by atoms with Gasteiger partial charge in [0, 0.05) is 0 Å². The molecule has 1 rings (SSSR count). The summed E-state index contributed by atoms with van der Waals surface area (Å²) in [7, 11) is 0. The SMILES string of the molecule is CC(C)(C)OC(=O)CNc1ccc(F)cc1N. The summed E-state index contributed by atoms with van der Waals surface area (Å²) in [5.41, 5.74) is 5.83. The van der Waals surface area contributed by atoms with Crippen molar-refractivity contribution in [3.8, 4) is 0 Å². The molecule has 0 aliphatic rings. The number of anilines is 2. The maximum absolute atomic E-state index is 12.8. The molecule has 17 heavy (non-hydrogen) atoms. The smallest absolute Gasteiger partial charge is 0.325 e. The molecule has 0 bridgehead atoms. The molecule has 1 aromatic rings. The van der Waals surface area contributed by atoms with Gasteiger partial charge in [-0.25, -0.2) is 4.39 Å². The van der Waals surface area contributed by atoms with Crippen LogP contribution in [-0.2, 0) is 9.53 Å². The van der Waals surface area contributed by atoms with Crippen LogP contribution in [0.25, 0.3) is 0 Å². The number of halogens is 1. The molecule has 0 aliphatic carbocycles. The first-order valence-corrected chi connectivity index (χ1v) is 5.29. The molecule has 0 aromatic heterocycles. The number of nitrogens with two attached hydrogens (primary N) is 1. The molecule has 0 heterocycles. The van der Waals surface area contributed by atoms with Gasteiger partial charge in [0.1, 0.15) is 18.0 Å². The number of esters is 1. The lowest BCUT2D eigenvalue weighted by Gasteiger charge is -2.20. The van der Waals surface area contributed by atoms with E-state index in [2.05, 4.69) is 5.32 Å². The van der Waals surface area contributed by atoms with Crippen LogP contribution >= 0.6 is 0 Å². The van der Waals surface area contributed by atoms with E-state index in [4.69, 9.17) is 10.5 Å². The molecule has 0 amide bonds. The van der Waals surface area contributed by atoms with Crippen molar-refractivity contribution in [1.82, 2.24) is 0 Å². The Hall–Kier alpha value is -1.78. The van der Waals surface area contributed by atoms with Crippen molar-refractivity contribution < 1.29 is 13.9 Å². The lowest BCUT2D eigenvalue weighted by Crippen LogP contribution is -2.28. The molecule has 0 radical (unpaired) electrons. The van der Waals surface area contributed by atoms with Gasteiger partial charge in [-0.1, -0.05) is 0 Å². The van der Waals surface area contributed by atoms with Crippen molar-refractivity contribution in [2.24, 2.45) is 0 Å². The molecule has 94 valence electrons. The van der Waals surface area contributed by atoms with Gasteiger partial charge in [0.2, 0.25) is 0 Å². The molecule has 3 N–H and O–H groups in total. The third-order valence-corrected chi connectivity index (χ3v) is 1.86. The quantitative estimate of drug-likeness (QED) is 0.627. The molecule has 1 aromatic carbocycles. The van der Waals surface area contributed by atoms with Crippen LogP contribution in [-0.4, -0.2) is 18.1 Å². The predicted octanol–water partition coefficient (Wildman–Crippen LogP) is 2.16. The van der Waals surface area contributed by atoms with E-state index >= 15 is 0 Å². The third-order valence-electron chi connectivity index (χ3n) is 1.86. The zero-order valence-corrected chi connectivity index (χ0v) is 10.2. The highest BCUT2D eigenvalue weighted by atomic mass is 19.1. The van der Waals surface area contributed by atoms with Gasteiger partial charge in [-0.05, 0) is 39.0 Å². The Morgan fingerprint density at radius 2 is 2.12 bits per heavy atom. The highest BCUT2D eigenvalue weighted by Gasteiger charge is 2.16. The Bertz CT molecular complexity index is 413. The van der Waals surface area contributed by atoms with Crippen molar-refractivity contribution in [2.75, 3.05) is 17.6 Å². The fourth-order valence-corrected chi connectivity index (χ4v) is 1.24. The summed E-state index contributed by atoms with van der Waals surface area (Å²) < 4.78 is 17.9. The number of nitrogens with one attached hydrogen (secondary N) is 1. The van der Waals surface area contributed by atoms with Crippen LogP contribution in [0, 0.1) is 5.82 Å². The fourth-order valence-electron chi connectivity index (χ4n) is 1.24. The number of carbonyl (C=O) groups excluding carboxylic acids is 1. The van der Waals surface area contributed by atoms with Crippen molar-refractivity contribution in [1.29, 1.82) is 0 Å². The summed E-state index contributed by atoms with van der Waals surface area (Å²) in [5, 5.41) is 2.80. The lowest BCUT2D eigenvalue weighted by molar-refractivity contribution is -0.152.